The van der Waals surface area contributed by atoms with Gasteiger partial charge in [-0.1, -0.05) is 63.6 Å². The fraction of sp³-hybridized carbons (Fsp3) is 0.385. The van der Waals surface area contributed by atoms with Gasteiger partial charge in [-0.05, 0) is 63.2 Å². The molecule has 1 aliphatic carbocycles. The number of rotatable bonds is 7. The van der Waals surface area contributed by atoms with Crippen LogP contribution in [0, 0.1) is 37.5 Å². The minimum Gasteiger partial charge on any atom is -0.497 e. The van der Waals surface area contributed by atoms with Crippen molar-refractivity contribution in [2.24, 2.45) is 23.7 Å². The SMILES string of the molecule is COc1ccc(NC2=C3NC(=O)C(C)=CC=C[C@H](C)[C@H](O)[C@@H](C)[C@H](O)[C@H](C)[C@H](OC(C)=O)[C@H](C)[C@@H](OC)C=CO[C@@]4(C)Oc5c(C)c(OC(=O)c6ccc(C)cc6)c(c(c5C4=O)C2=O)C3=O)cc1. The molecule has 16 heteroatoms. The van der Waals surface area contributed by atoms with Gasteiger partial charge >= 0.3 is 17.7 Å². The van der Waals surface area contributed by atoms with Crippen molar-refractivity contribution in [1.82, 2.24) is 5.32 Å². The zero-order chi connectivity index (χ0) is 49.9. The van der Waals surface area contributed by atoms with Gasteiger partial charge in [-0.15, -0.1) is 0 Å². The van der Waals surface area contributed by atoms with Crippen molar-refractivity contribution < 1.29 is 67.4 Å². The van der Waals surface area contributed by atoms with E-state index in [0.29, 0.717) is 11.4 Å². The van der Waals surface area contributed by atoms with Crippen LogP contribution in [0.15, 0.2) is 96.1 Å². The first kappa shape index (κ1) is 50.5. The second kappa shape index (κ2) is 20.6. The minimum atomic E-state index is -2.19. The van der Waals surface area contributed by atoms with E-state index in [-0.39, 0.29) is 28.0 Å². The van der Waals surface area contributed by atoms with Gasteiger partial charge in [-0.25, -0.2) is 4.79 Å². The number of benzene rings is 3. The molecule has 0 unspecified atom stereocenters. The van der Waals surface area contributed by atoms with Gasteiger partial charge in [0.1, 0.15) is 34.7 Å². The lowest BCUT2D eigenvalue weighted by molar-refractivity contribution is -0.160. The molecule has 3 aliphatic heterocycles. The number of esters is 2. The summed E-state index contributed by atoms with van der Waals surface area (Å²) in [5.41, 5.74) is -0.859. The van der Waals surface area contributed by atoms with Crippen molar-refractivity contribution in [3.8, 4) is 17.2 Å². The molecule has 4 aliphatic rings. The summed E-state index contributed by atoms with van der Waals surface area (Å²) in [5, 5.41) is 28.6. The molecule has 0 fully saturated rings. The number of carbonyl (C=O) groups excluding carboxylic acids is 6. The Balaban J connectivity index is 1.57. The molecule has 0 saturated heterocycles. The third kappa shape index (κ3) is 10.0. The summed E-state index contributed by atoms with van der Waals surface area (Å²) in [6.45, 7) is 14.1. The molecule has 360 valence electrons. The molecule has 0 radical (unpaired) electrons. The van der Waals surface area contributed by atoms with E-state index in [0.717, 1.165) is 11.8 Å². The Morgan fingerprint density at radius 2 is 1.47 bits per heavy atom. The molecule has 0 saturated carbocycles. The largest absolute Gasteiger partial charge is 0.497 e. The summed E-state index contributed by atoms with van der Waals surface area (Å²) >= 11 is 0. The van der Waals surface area contributed by atoms with E-state index in [9.17, 15) is 29.4 Å². The summed E-state index contributed by atoms with van der Waals surface area (Å²) in [6.07, 6.45) is 3.15. The molecule has 9 atom stereocenters. The average Bonchev–Trinajstić information content (AvgIpc) is 3.58. The number of allylic oxidation sites excluding steroid dienone is 4. The van der Waals surface area contributed by atoms with Crippen LogP contribution in [0.5, 0.6) is 17.2 Å². The molecule has 3 heterocycles. The number of anilines is 1. The standard InChI is InChI=1S/C52H58N2O14/c1-25-15-17-33(18-16-25)51(62)67-47-31(7)48-39-37-38(47)45(59)41(40(44(37)58)53-34-19-21-35(63-10)22-20-34)54-50(61)27(3)14-12-13-26(2)42(56)29(5)43(57)30(6)46(66-32(8)55)28(4)36(64-11)23-24-65-52(9,68-48)49(39)60/h12-24,26,28-30,36,42-43,46,53,56-57H,1-11H3,(H,54,61)/t26-,28+,29+,30-,36-,42-,43-,46+,52-/m0/s1. The van der Waals surface area contributed by atoms with Crippen LogP contribution in [0.1, 0.15) is 101 Å². The maximum Gasteiger partial charge on any atom is 0.343 e. The molecule has 0 spiro atoms. The fourth-order valence-electron chi connectivity index (χ4n) is 8.58. The van der Waals surface area contributed by atoms with Crippen LogP contribution >= 0.6 is 0 Å². The van der Waals surface area contributed by atoms with E-state index in [1.54, 1.807) is 70.2 Å². The third-order valence-corrected chi connectivity index (χ3v) is 12.8. The lowest BCUT2D eigenvalue weighted by Gasteiger charge is -2.38. The highest BCUT2D eigenvalue weighted by molar-refractivity contribution is 6.33. The molecule has 68 heavy (non-hydrogen) atoms. The monoisotopic (exact) mass is 934 g/mol. The van der Waals surface area contributed by atoms with Crippen LogP contribution < -0.4 is 24.8 Å². The first-order chi connectivity index (χ1) is 32.1. The molecular weight excluding hydrogens is 877 g/mol. The number of fused-ring (bicyclic) bond motifs is 14. The zero-order valence-electron chi connectivity index (χ0n) is 39.9. The number of ketones is 3. The zero-order valence-corrected chi connectivity index (χ0v) is 39.9. The quantitative estimate of drug-likeness (QED) is 0.140. The summed E-state index contributed by atoms with van der Waals surface area (Å²) in [7, 11) is 2.89. The predicted octanol–water partition coefficient (Wildman–Crippen LogP) is 6.90. The third-order valence-electron chi connectivity index (χ3n) is 12.8. The number of hydrogen-bond donors (Lipinski definition) is 4. The van der Waals surface area contributed by atoms with Gasteiger partial charge in [0.2, 0.25) is 11.6 Å². The number of aliphatic hydroxyl groups excluding tert-OH is 2. The van der Waals surface area contributed by atoms with E-state index in [1.165, 1.54) is 72.3 Å². The van der Waals surface area contributed by atoms with Crippen LogP contribution in [0.4, 0.5) is 5.69 Å². The Bertz CT molecular complexity index is 2630. The van der Waals surface area contributed by atoms with Gasteiger partial charge in [0.15, 0.2) is 0 Å². The van der Waals surface area contributed by atoms with Crippen molar-refractivity contribution in [3.63, 3.8) is 0 Å². The highest BCUT2D eigenvalue weighted by Crippen LogP contribution is 2.49. The Labute approximate surface area is 395 Å². The topological polar surface area (TPSA) is 222 Å². The molecule has 3 aromatic rings. The molecule has 1 amide bonds. The number of amides is 1. The summed E-state index contributed by atoms with van der Waals surface area (Å²) in [4.78, 5) is 85.6. The van der Waals surface area contributed by atoms with Gasteiger partial charge in [-0.3, -0.25) is 24.0 Å². The number of aliphatic hydroxyl groups is 2. The first-order valence-electron chi connectivity index (χ1n) is 22.2. The summed E-state index contributed by atoms with van der Waals surface area (Å²) < 4.78 is 35.2. The molecule has 4 N–H and O–H groups in total. The highest BCUT2D eigenvalue weighted by atomic mass is 16.7. The molecule has 5 bridgehead atoms. The van der Waals surface area contributed by atoms with Crippen LogP contribution in [0.3, 0.4) is 0 Å². The minimum absolute atomic E-state index is 0.000290. The highest BCUT2D eigenvalue weighted by Gasteiger charge is 2.53. The second-order valence-corrected chi connectivity index (χ2v) is 17.6. The van der Waals surface area contributed by atoms with Gasteiger partial charge < -0.3 is 49.3 Å². The maximum absolute atomic E-state index is 15.2. The van der Waals surface area contributed by atoms with Crippen molar-refractivity contribution in [2.45, 2.75) is 92.5 Å². The Hall–Kier alpha value is -6.88. The van der Waals surface area contributed by atoms with Crippen molar-refractivity contribution >= 4 is 40.9 Å². The van der Waals surface area contributed by atoms with Gasteiger partial charge in [0, 0.05) is 61.5 Å². The number of nitrogens with one attached hydrogen (secondary N) is 2. The Morgan fingerprint density at radius 1 is 0.809 bits per heavy atom. The lowest BCUT2D eigenvalue weighted by atomic mass is 9.78. The number of Topliss-reactive ketones (excluding diaryl/α,β-unsaturated/α-hetero) is 3. The normalized spacial score (nSPS) is 26.6. The van der Waals surface area contributed by atoms with Crippen molar-refractivity contribution in [2.75, 3.05) is 19.5 Å². The van der Waals surface area contributed by atoms with E-state index in [4.69, 9.17) is 28.4 Å². The molecule has 0 aromatic heterocycles. The summed E-state index contributed by atoms with van der Waals surface area (Å²) in [6, 6.07) is 12.8. The second-order valence-electron chi connectivity index (χ2n) is 17.6. The lowest BCUT2D eigenvalue weighted by Crippen LogP contribution is -2.46. The molecular formula is C52H58N2O14. The van der Waals surface area contributed by atoms with E-state index in [2.05, 4.69) is 10.6 Å². The molecule has 7 rings (SSSR count). The molecule has 16 nitrogen and oxygen atoms in total. The summed E-state index contributed by atoms with van der Waals surface area (Å²) in [5.74, 6) is -10.1. The van der Waals surface area contributed by atoms with Crippen LogP contribution in [0.2, 0.25) is 0 Å². The van der Waals surface area contributed by atoms with E-state index in [1.807, 2.05) is 6.92 Å². The van der Waals surface area contributed by atoms with Crippen LogP contribution in [0.25, 0.3) is 0 Å². The van der Waals surface area contributed by atoms with E-state index < -0.39 is 117 Å². The van der Waals surface area contributed by atoms with Gasteiger partial charge in [-0.2, -0.15) is 0 Å². The average molecular weight is 935 g/mol. The first-order valence-corrected chi connectivity index (χ1v) is 22.2. The number of methoxy groups -OCH3 is 2. The number of aryl methyl sites for hydroxylation is 1. The maximum atomic E-state index is 15.2. The Morgan fingerprint density at radius 3 is 2.09 bits per heavy atom. The van der Waals surface area contributed by atoms with Crippen molar-refractivity contribution in [3.05, 3.63) is 129 Å². The number of hydrogen-bond acceptors (Lipinski definition) is 15. The van der Waals surface area contributed by atoms with Crippen LogP contribution in [-0.2, 0) is 23.8 Å². The number of ether oxygens (including phenoxy) is 6. The van der Waals surface area contributed by atoms with E-state index >= 15 is 9.59 Å². The molecule has 3 aromatic carbocycles. The van der Waals surface area contributed by atoms with Crippen LogP contribution in [-0.4, -0.2) is 89.8 Å². The Kier molecular flexibility index (Phi) is 15.3. The predicted molar refractivity (Wildman–Crippen MR) is 249 cm³/mol. The van der Waals surface area contributed by atoms with Gasteiger partial charge in [0.05, 0.1) is 53.9 Å². The van der Waals surface area contributed by atoms with Crippen molar-refractivity contribution in [1.29, 1.82) is 0 Å². The smallest absolute Gasteiger partial charge is 0.343 e. The number of carbonyl (C=O) groups is 6. The fourth-order valence-corrected chi connectivity index (χ4v) is 8.58. The van der Waals surface area contributed by atoms with Gasteiger partial charge in [0.25, 0.3) is 11.7 Å².